The van der Waals surface area contributed by atoms with Crippen molar-refractivity contribution in [3.63, 3.8) is 0 Å². The first-order chi connectivity index (χ1) is 12.2. The summed E-state index contributed by atoms with van der Waals surface area (Å²) in [6.07, 6.45) is 7.92. The molecule has 0 amide bonds. The van der Waals surface area contributed by atoms with Gasteiger partial charge in [-0.2, -0.15) is 0 Å². The fourth-order valence-electron chi connectivity index (χ4n) is 4.66. The Labute approximate surface area is 147 Å². The molecule has 25 heavy (non-hydrogen) atoms. The van der Waals surface area contributed by atoms with E-state index in [2.05, 4.69) is 27.4 Å². The summed E-state index contributed by atoms with van der Waals surface area (Å²) < 4.78 is 8.30. The zero-order valence-corrected chi connectivity index (χ0v) is 15.0. The van der Waals surface area contributed by atoms with Crippen molar-refractivity contribution >= 4 is 16.8 Å². The summed E-state index contributed by atoms with van der Waals surface area (Å²) in [6.45, 7) is 6.20. The Bertz CT molecular complexity index is 939. The van der Waals surface area contributed by atoms with E-state index in [1.165, 1.54) is 36.5 Å². The lowest BCUT2D eigenvalue weighted by Crippen LogP contribution is -2.23. The monoisotopic (exact) mass is 336 g/mol. The number of hydrogen-bond donors (Lipinski definition) is 0. The van der Waals surface area contributed by atoms with Gasteiger partial charge in [-0.3, -0.25) is 0 Å². The molecule has 0 spiro atoms. The van der Waals surface area contributed by atoms with Gasteiger partial charge >= 0.3 is 0 Å². The van der Waals surface area contributed by atoms with E-state index in [1.54, 1.807) is 0 Å². The molecule has 1 fully saturated rings. The molecule has 1 aliphatic heterocycles. The first-order valence-corrected chi connectivity index (χ1v) is 9.37. The van der Waals surface area contributed by atoms with Crippen LogP contribution in [-0.4, -0.2) is 27.6 Å². The van der Waals surface area contributed by atoms with Crippen molar-refractivity contribution in [3.8, 4) is 0 Å². The van der Waals surface area contributed by atoms with E-state index in [-0.39, 0.29) is 0 Å². The van der Waals surface area contributed by atoms with Crippen LogP contribution in [0, 0.1) is 13.8 Å². The minimum atomic E-state index is 0.499. The second kappa shape index (κ2) is 5.61. The third-order valence-corrected chi connectivity index (χ3v) is 5.72. The normalized spacial score (nSPS) is 20.4. The van der Waals surface area contributed by atoms with Crippen LogP contribution in [0.4, 0.5) is 5.82 Å². The minimum absolute atomic E-state index is 0.499. The van der Waals surface area contributed by atoms with Gasteiger partial charge in [-0.25, -0.2) is 9.97 Å². The van der Waals surface area contributed by atoms with Crippen LogP contribution in [0.1, 0.15) is 48.3 Å². The quantitative estimate of drug-likeness (QED) is 0.710. The number of pyridine rings is 1. The SMILES string of the molecule is Cc1cc2c(N3CCC(n4c(C)nc5c4CCCC5)C3)nccc2o1. The summed E-state index contributed by atoms with van der Waals surface area (Å²) in [5, 5.41) is 1.13. The Hall–Kier alpha value is -2.30. The van der Waals surface area contributed by atoms with Gasteiger partial charge in [-0.1, -0.05) is 0 Å². The minimum Gasteiger partial charge on any atom is -0.461 e. The highest BCUT2D eigenvalue weighted by Gasteiger charge is 2.30. The molecule has 0 saturated carbocycles. The van der Waals surface area contributed by atoms with Crippen molar-refractivity contribution in [2.24, 2.45) is 0 Å². The first kappa shape index (κ1) is 15.0. The number of anilines is 1. The van der Waals surface area contributed by atoms with Crippen LogP contribution in [0.2, 0.25) is 0 Å². The molecule has 1 unspecified atom stereocenters. The highest BCUT2D eigenvalue weighted by molar-refractivity contribution is 5.89. The summed E-state index contributed by atoms with van der Waals surface area (Å²) in [4.78, 5) is 11.9. The predicted molar refractivity (Wildman–Crippen MR) is 98.2 cm³/mol. The lowest BCUT2D eigenvalue weighted by molar-refractivity contribution is 0.505. The summed E-state index contributed by atoms with van der Waals surface area (Å²) in [5.41, 5.74) is 3.76. The molecule has 0 N–H and O–H groups in total. The molecule has 1 saturated heterocycles. The summed E-state index contributed by atoms with van der Waals surface area (Å²) in [5.74, 6) is 3.19. The third-order valence-electron chi connectivity index (χ3n) is 5.72. The summed E-state index contributed by atoms with van der Waals surface area (Å²) in [7, 11) is 0. The number of hydrogen-bond acceptors (Lipinski definition) is 4. The highest BCUT2D eigenvalue weighted by Crippen LogP contribution is 2.34. The molecule has 5 rings (SSSR count). The van der Waals surface area contributed by atoms with Crippen LogP contribution in [0.25, 0.3) is 11.0 Å². The topological polar surface area (TPSA) is 47.1 Å². The largest absolute Gasteiger partial charge is 0.461 e. The van der Waals surface area contributed by atoms with Crippen LogP contribution >= 0.6 is 0 Å². The average molecular weight is 336 g/mol. The second-order valence-corrected chi connectivity index (χ2v) is 7.42. The standard InChI is InChI=1S/C20H24N4O/c1-13-11-16-19(25-13)7-9-21-20(16)23-10-8-15(12-23)24-14(2)22-17-5-3-4-6-18(17)24/h7,9,11,15H,3-6,8,10,12H2,1-2H3. The van der Waals surface area contributed by atoms with Crippen LogP contribution in [0.5, 0.6) is 0 Å². The zero-order valence-electron chi connectivity index (χ0n) is 15.0. The molecule has 5 heteroatoms. The highest BCUT2D eigenvalue weighted by atomic mass is 16.3. The summed E-state index contributed by atoms with van der Waals surface area (Å²) in [6, 6.07) is 4.56. The van der Waals surface area contributed by atoms with E-state index in [0.717, 1.165) is 48.5 Å². The van der Waals surface area contributed by atoms with Crippen molar-refractivity contribution in [3.05, 3.63) is 41.3 Å². The molecular weight excluding hydrogens is 312 g/mol. The maximum Gasteiger partial charge on any atom is 0.139 e. The van der Waals surface area contributed by atoms with Crippen molar-refractivity contribution < 1.29 is 4.42 Å². The lowest BCUT2D eigenvalue weighted by Gasteiger charge is -2.22. The Kier molecular flexibility index (Phi) is 3.37. The van der Waals surface area contributed by atoms with E-state index in [9.17, 15) is 0 Å². The maximum absolute atomic E-state index is 5.78. The Morgan fingerprint density at radius 1 is 1.20 bits per heavy atom. The molecule has 1 atom stereocenters. The van der Waals surface area contributed by atoms with E-state index < -0.39 is 0 Å². The molecule has 0 radical (unpaired) electrons. The molecule has 1 aliphatic carbocycles. The van der Waals surface area contributed by atoms with E-state index in [1.807, 2.05) is 19.2 Å². The maximum atomic E-state index is 5.78. The molecular formula is C20H24N4O. The van der Waals surface area contributed by atoms with Gasteiger partial charge in [-0.15, -0.1) is 0 Å². The van der Waals surface area contributed by atoms with Gasteiger partial charge < -0.3 is 13.9 Å². The van der Waals surface area contributed by atoms with Gasteiger partial charge in [0.25, 0.3) is 0 Å². The second-order valence-electron chi connectivity index (χ2n) is 7.42. The van der Waals surface area contributed by atoms with Gasteiger partial charge in [0.05, 0.1) is 17.1 Å². The Morgan fingerprint density at radius 2 is 2.08 bits per heavy atom. The van der Waals surface area contributed by atoms with E-state index in [0.29, 0.717) is 6.04 Å². The fourth-order valence-corrected chi connectivity index (χ4v) is 4.66. The van der Waals surface area contributed by atoms with Crippen LogP contribution in [0.15, 0.2) is 22.7 Å². The van der Waals surface area contributed by atoms with Gasteiger partial charge in [0.2, 0.25) is 0 Å². The molecule has 3 aromatic heterocycles. The molecule has 130 valence electrons. The van der Waals surface area contributed by atoms with E-state index in [4.69, 9.17) is 9.40 Å². The molecule has 0 aromatic carbocycles. The van der Waals surface area contributed by atoms with Crippen molar-refractivity contribution in [1.29, 1.82) is 0 Å². The number of aromatic nitrogens is 3. The van der Waals surface area contributed by atoms with Crippen molar-refractivity contribution in [2.45, 2.75) is 52.0 Å². The lowest BCUT2D eigenvalue weighted by atomic mass is 10.0. The molecule has 5 nitrogen and oxygen atoms in total. The van der Waals surface area contributed by atoms with Crippen LogP contribution in [0.3, 0.4) is 0 Å². The number of furan rings is 1. The first-order valence-electron chi connectivity index (χ1n) is 9.37. The number of aryl methyl sites for hydroxylation is 3. The third kappa shape index (κ3) is 2.36. The number of imidazole rings is 1. The average Bonchev–Trinajstić information content (AvgIpc) is 3.28. The van der Waals surface area contributed by atoms with Gasteiger partial charge in [0.1, 0.15) is 23.0 Å². The molecule has 4 heterocycles. The number of nitrogens with zero attached hydrogens (tertiary/aromatic N) is 4. The zero-order chi connectivity index (χ0) is 17.0. The van der Waals surface area contributed by atoms with Crippen molar-refractivity contribution in [2.75, 3.05) is 18.0 Å². The smallest absolute Gasteiger partial charge is 0.139 e. The van der Waals surface area contributed by atoms with E-state index >= 15 is 0 Å². The van der Waals surface area contributed by atoms with Crippen LogP contribution < -0.4 is 4.90 Å². The predicted octanol–water partition coefficient (Wildman–Crippen LogP) is 3.97. The Morgan fingerprint density at radius 3 is 3.00 bits per heavy atom. The van der Waals surface area contributed by atoms with Gasteiger partial charge in [-0.05, 0) is 58.1 Å². The Balaban J connectivity index is 1.48. The fraction of sp³-hybridized carbons (Fsp3) is 0.500. The van der Waals surface area contributed by atoms with Gasteiger partial charge in [0, 0.05) is 25.0 Å². The van der Waals surface area contributed by atoms with Gasteiger partial charge in [0.15, 0.2) is 0 Å². The molecule has 0 bridgehead atoms. The number of fused-ring (bicyclic) bond motifs is 2. The van der Waals surface area contributed by atoms with Crippen molar-refractivity contribution in [1.82, 2.24) is 14.5 Å². The summed E-state index contributed by atoms with van der Waals surface area (Å²) >= 11 is 0. The number of rotatable bonds is 2. The van der Waals surface area contributed by atoms with Crippen LogP contribution in [-0.2, 0) is 12.8 Å². The molecule has 2 aliphatic rings. The molecule has 3 aromatic rings.